The van der Waals surface area contributed by atoms with Crippen LogP contribution in [0.15, 0.2) is 24.4 Å². The van der Waals surface area contributed by atoms with Crippen molar-refractivity contribution in [1.82, 2.24) is 10.4 Å². The van der Waals surface area contributed by atoms with Gasteiger partial charge in [-0.05, 0) is 13.3 Å². The second-order valence-corrected chi connectivity index (χ2v) is 2.81. The lowest BCUT2D eigenvalue weighted by atomic mass is 10.3. The zero-order valence-corrected chi connectivity index (χ0v) is 8.46. The van der Waals surface area contributed by atoms with E-state index in [1.807, 2.05) is 0 Å². The molecule has 0 spiro atoms. The Balaban J connectivity index is 4.54. The number of carbonyl (C=O) groups is 2. The number of urea groups is 1. The molecule has 0 aromatic carbocycles. The topological polar surface area (TPSA) is 75.4 Å². The summed E-state index contributed by atoms with van der Waals surface area (Å²) in [4.78, 5) is 22.1. The van der Waals surface area contributed by atoms with E-state index in [4.69, 9.17) is 5.73 Å². The number of nitrogens with one attached hydrogen (secondary N) is 1. The molecule has 14 heavy (non-hydrogen) atoms. The lowest BCUT2D eigenvalue weighted by molar-refractivity contribution is -0.120. The lowest BCUT2D eigenvalue weighted by Crippen LogP contribution is -2.47. The van der Waals surface area contributed by atoms with Crippen molar-refractivity contribution in [2.24, 2.45) is 5.73 Å². The fourth-order valence-electron chi connectivity index (χ4n) is 0.645. The van der Waals surface area contributed by atoms with Crippen molar-refractivity contribution in [3.8, 4) is 0 Å². The highest BCUT2D eigenvalue weighted by molar-refractivity contribution is 5.93. The number of nitrogens with zero attached hydrogens (tertiary/aromatic N) is 1. The Labute approximate surface area is 83.2 Å². The SMILES string of the molecule is C=C(C)C(=O)NN(C(=C)CC)C(N)=O. The zero-order chi connectivity index (χ0) is 11.3. The van der Waals surface area contributed by atoms with Gasteiger partial charge in [-0.2, -0.15) is 0 Å². The van der Waals surface area contributed by atoms with Crippen molar-refractivity contribution in [3.05, 3.63) is 24.4 Å². The third-order valence-corrected chi connectivity index (χ3v) is 1.55. The third-order valence-electron chi connectivity index (χ3n) is 1.55. The number of hydrazine groups is 1. The molecule has 3 amide bonds. The largest absolute Gasteiger partial charge is 0.350 e. The van der Waals surface area contributed by atoms with E-state index in [-0.39, 0.29) is 0 Å². The summed E-state index contributed by atoms with van der Waals surface area (Å²) in [5, 5.41) is 0.914. The van der Waals surface area contributed by atoms with Gasteiger partial charge in [0.25, 0.3) is 5.91 Å². The van der Waals surface area contributed by atoms with Gasteiger partial charge in [-0.25, -0.2) is 9.80 Å². The Bertz CT molecular complexity index is 284. The maximum absolute atomic E-state index is 11.2. The van der Waals surface area contributed by atoms with E-state index in [0.29, 0.717) is 17.7 Å². The summed E-state index contributed by atoms with van der Waals surface area (Å²) >= 11 is 0. The van der Waals surface area contributed by atoms with E-state index >= 15 is 0 Å². The molecule has 0 aromatic heterocycles. The molecule has 0 atom stereocenters. The standard InChI is InChI=1S/C9H15N3O2/c1-5-7(4)12(9(10)14)11-8(13)6(2)3/h2,4-5H2,1,3H3,(H2,10,14)(H,11,13). The molecule has 0 fully saturated rings. The van der Waals surface area contributed by atoms with E-state index in [0.717, 1.165) is 5.01 Å². The Hall–Kier alpha value is -1.78. The summed E-state index contributed by atoms with van der Waals surface area (Å²) in [6.45, 7) is 10.3. The smallest absolute Gasteiger partial charge is 0.337 e. The average Bonchev–Trinajstić information content (AvgIpc) is 2.11. The molecule has 78 valence electrons. The zero-order valence-electron chi connectivity index (χ0n) is 8.46. The van der Waals surface area contributed by atoms with Gasteiger partial charge in [0, 0.05) is 11.3 Å². The normalized spacial score (nSPS) is 9.00. The number of carbonyl (C=O) groups excluding carboxylic acids is 2. The van der Waals surface area contributed by atoms with Crippen molar-refractivity contribution in [3.63, 3.8) is 0 Å². The van der Waals surface area contributed by atoms with Crippen LogP contribution in [0, 0.1) is 0 Å². The molecular formula is C9H15N3O2. The lowest BCUT2D eigenvalue weighted by Gasteiger charge is -2.22. The Morgan fingerprint density at radius 3 is 2.21 bits per heavy atom. The molecule has 0 saturated heterocycles. The van der Waals surface area contributed by atoms with Crippen LogP contribution in [0.4, 0.5) is 4.79 Å². The predicted octanol–water partition coefficient (Wildman–Crippen LogP) is 0.898. The van der Waals surface area contributed by atoms with E-state index in [1.165, 1.54) is 6.92 Å². The van der Waals surface area contributed by atoms with Gasteiger partial charge in [0.2, 0.25) is 0 Å². The first-order chi connectivity index (χ1) is 6.40. The minimum absolute atomic E-state index is 0.292. The highest BCUT2D eigenvalue weighted by atomic mass is 16.2. The molecule has 3 N–H and O–H groups in total. The maximum Gasteiger partial charge on any atom is 0.337 e. The number of amides is 3. The van der Waals surface area contributed by atoms with E-state index < -0.39 is 11.9 Å². The first-order valence-electron chi connectivity index (χ1n) is 4.14. The second-order valence-electron chi connectivity index (χ2n) is 2.81. The summed E-state index contributed by atoms with van der Waals surface area (Å²) in [6.07, 6.45) is 0.513. The number of hydrogen-bond acceptors (Lipinski definition) is 2. The molecule has 0 radical (unpaired) electrons. The van der Waals surface area contributed by atoms with Crippen LogP contribution >= 0.6 is 0 Å². The summed E-state index contributed by atoms with van der Waals surface area (Å²) in [5.74, 6) is -0.460. The monoisotopic (exact) mass is 197 g/mol. The molecule has 0 aliphatic heterocycles. The van der Waals surface area contributed by atoms with Crippen LogP contribution in [0.1, 0.15) is 20.3 Å². The summed E-state index contributed by atoms with van der Waals surface area (Å²) in [6, 6.07) is -0.772. The van der Waals surface area contributed by atoms with Crippen molar-refractivity contribution in [2.75, 3.05) is 0 Å². The molecule has 0 unspecified atom stereocenters. The summed E-state index contributed by atoms with van der Waals surface area (Å²) < 4.78 is 0. The van der Waals surface area contributed by atoms with Crippen molar-refractivity contribution >= 4 is 11.9 Å². The van der Waals surface area contributed by atoms with Crippen LogP contribution in [0.3, 0.4) is 0 Å². The summed E-state index contributed by atoms with van der Waals surface area (Å²) in [7, 11) is 0. The van der Waals surface area contributed by atoms with E-state index in [1.54, 1.807) is 6.92 Å². The van der Waals surface area contributed by atoms with Gasteiger partial charge < -0.3 is 5.73 Å². The molecule has 5 nitrogen and oxygen atoms in total. The number of rotatable bonds is 3. The Morgan fingerprint density at radius 1 is 1.43 bits per heavy atom. The van der Waals surface area contributed by atoms with Crippen LogP contribution in [0.25, 0.3) is 0 Å². The average molecular weight is 197 g/mol. The molecule has 0 bridgehead atoms. The first-order valence-corrected chi connectivity index (χ1v) is 4.14. The third kappa shape index (κ3) is 3.30. The van der Waals surface area contributed by atoms with Gasteiger partial charge >= 0.3 is 6.03 Å². The Kier molecular flexibility index (Phi) is 4.42. The minimum Gasteiger partial charge on any atom is -0.350 e. The quantitative estimate of drug-likeness (QED) is 0.521. The molecule has 0 saturated carbocycles. The molecule has 0 rings (SSSR count). The van der Waals surface area contributed by atoms with Gasteiger partial charge in [0.1, 0.15) is 0 Å². The molecular weight excluding hydrogens is 182 g/mol. The fourth-order valence-corrected chi connectivity index (χ4v) is 0.645. The Morgan fingerprint density at radius 2 is 1.93 bits per heavy atom. The van der Waals surface area contributed by atoms with Gasteiger partial charge in [-0.15, -0.1) is 0 Å². The van der Waals surface area contributed by atoms with Crippen LogP contribution in [0.5, 0.6) is 0 Å². The molecule has 0 heterocycles. The van der Waals surface area contributed by atoms with Crippen molar-refractivity contribution in [1.29, 1.82) is 0 Å². The van der Waals surface area contributed by atoms with Crippen LogP contribution < -0.4 is 11.2 Å². The highest BCUT2D eigenvalue weighted by Gasteiger charge is 2.15. The van der Waals surface area contributed by atoms with Gasteiger partial charge in [0.15, 0.2) is 0 Å². The summed E-state index contributed by atoms with van der Waals surface area (Å²) in [5.41, 5.74) is 8.05. The van der Waals surface area contributed by atoms with Crippen molar-refractivity contribution < 1.29 is 9.59 Å². The molecule has 0 aromatic rings. The highest BCUT2D eigenvalue weighted by Crippen LogP contribution is 2.02. The second kappa shape index (κ2) is 5.06. The number of hydrogen-bond donors (Lipinski definition) is 2. The minimum atomic E-state index is -0.772. The van der Waals surface area contributed by atoms with Crippen molar-refractivity contribution in [2.45, 2.75) is 20.3 Å². The fraction of sp³-hybridized carbons (Fsp3) is 0.333. The molecule has 0 aliphatic carbocycles. The predicted molar refractivity (Wildman–Crippen MR) is 53.8 cm³/mol. The molecule has 0 aliphatic rings. The van der Waals surface area contributed by atoms with E-state index in [2.05, 4.69) is 18.6 Å². The first kappa shape index (κ1) is 12.2. The maximum atomic E-state index is 11.2. The van der Waals surface area contributed by atoms with Crippen LogP contribution in [0.2, 0.25) is 0 Å². The van der Waals surface area contributed by atoms with Gasteiger partial charge in [-0.1, -0.05) is 20.1 Å². The van der Waals surface area contributed by atoms with Crippen LogP contribution in [-0.4, -0.2) is 16.9 Å². The number of primary amides is 1. The number of allylic oxidation sites excluding steroid dienone is 1. The van der Waals surface area contributed by atoms with Gasteiger partial charge in [-0.3, -0.25) is 10.2 Å². The molecule has 5 heteroatoms. The van der Waals surface area contributed by atoms with Crippen LogP contribution in [-0.2, 0) is 4.79 Å². The van der Waals surface area contributed by atoms with E-state index in [9.17, 15) is 9.59 Å². The van der Waals surface area contributed by atoms with Gasteiger partial charge in [0.05, 0.1) is 0 Å². The number of nitrogens with two attached hydrogens (primary N) is 1.